The maximum absolute atomic E-state index is 10.3. The summed E-state index contributed by atoms with van der Waals surface area (Å²) in [7, 11) is 1.73. The first-order valence-corrected chi connectivity index (χ1v) is 4.44. The van der Waals surface area contributed by atoms with Crippen molar-refractivity contribution in [2.24, 2.45) is 0 Å². The summed E-state index contributed by atoms with van der Waals surface area (Å²) in [5.41, 5.74) is 1.30. The molecule has 0 amide bonds. The van der Waals surface area contributed by atoms with Crippen LogP contribution < -0.4 is 10.0 Å². The van der Waals surface area contributed by atoms with E-state index in [1.54, 1.807) is 25.2 Å². The summed E-state index contributed by atoms with van der Waals surface area (Å²) < 4.78 is 22.9. The van der Waals surface area contributed by atoms with Crippen molar-refractivity contribution in [1.29, 1.82) is 0 Å². The van der Waals surface area contributed by atoms with Crippen molar-refractivity contribution < 1.29 is 8.76 Å². The molecule has 0 bridgehead atoms. The van der Waals surface area contributed by atoms with Crippen molar-refractivity contribution in [3.8, 4) is 0 Å². The van der Waals surface area contributed by atoms with Gasteiger partial charge >= 0.3 is 0 Å². The highest BCUT2D eigenvalue weighted by molar-refractivity contribution is 7.80. The van der Waals surface area contributed by atoms with Gasteiger partial charge in [-0.3, -0.25) is 4.21 Å². The van der Waals surface area contributed by atoms with Gasteiger partial charge in [0.25, 0.3) is 0 Å². The fourth-order valence-electron chi connectivity index (χ4n) is 0.880. The SMILES string of the molecule is CNc1ccccc1NS(=O)[O-]. The number of hydrogen-bond acceptors (Lipinski definition) is 3. The van der Waals surface area contributed by atoms with Gasteiger partial charge in [0.1, 0.15) is 0 Å². The Balaban J connectivity index is 2.89. The molecule has 1 unspecified atom stereocenters. The van der Waals surface area contributed by atoms with Crippen LogP contribution in [0.25, 0.3) is 0 Å². The number of nitrogens with one attached hydrogen (secondary N) is 2. The Morgan fingerprint density at radius 3 is 2.42 bits per heavy atom. The van der Waals surface area contributed by atoms with E-state index in [2.05, 4.69) is 10.0 Å². The van der Waals surface area contributed by atoms with Crippen LogP contribution in [0.3, 0.4) is 0 Å². The van der Waals surface area contributed by atoms with Crippen LogP contribution in [0.2, 0.25) is 0 Å². The van der Waals surface area contributed by atoms with E-state index >= 15 is 0 Å². The van der Waals surface area contributed by atoms with Gasteiger partial charge in [0.15, 0.2) is 0 Å². The molecule has 2 N–H and O–H groups in total. The van der Waals surface area contributed by atoms with Gasteiger partial charge < -0.3 is 14.6 Å². The first-order chi connectivity index (χ1) is 5.74. The fourth-order valence-corrected chi connectivity index (χ4v) is 1.24. The highest BCUT2D eigenvalue weighted by atomic mass is 32.2. The molecule has 0 saturated carbocycles. The van der Waals surface area contributed by atoms with Gasteiger partial charge in [-0.25, -0.2) is 0 Å². The van der Waals surface area contributed by atoms with Crippen LogP contribution in [0.4, 0.5) is 11.4 Å². The highest BCUT2D eigenvalue weighted by Gasteiger charge is 1.96. The van der Waals surface area contributed by atoms with Gasteiger partial charge in [-0.1, -0.05) is 12.1 Å². The number of anilines is 2. The summed E-state index contributed by atoms with van der Waals surface area (Å²) in [5.74, 6) is 0. The Morgan fingerprint density at radius 1 is 1.33 bits per heavy atom. The van der Waals surface area contributed by atoms with Crippen molar-refractivity contribution >= 4 is 22.6 Å². The van der Waals surface area contributed by atoms with E-state index in [9.17, 15) is 8.76 Å². The maximum Gasteiger partial charge on any atom is 0.0685 e. The van der Waals surface area contributed by atoms with E-state index < -0.39 is 11.3 Å². The molecule has 0 spiro atoms. The zero-order chi connectivity index (χ0) is 8.97. The Labute approximate surface area is 73.4 Å². The number of para-hydroxylation sites is 2. The first-order valence-electron chi connectivity index (χ1n) is 3.36. The van der Waals surface area contributed by atoms with Crippen LogP contribution in [0.5, 0.6) is 0 Å². The lowest BCUT2D eigenvalue weighted by molar-refractivity contribution is 0.542. The average molecular weight is 185 g/mol. The van der Waals surface area contributed by atoms with Gasteiger partial charge in [-0.2, -0.15) is 0 Å². The third-order valence-corrected chi connectivity index (χ3v) is 1.78. The van der Waals surface area contributed by atoms with Crippen molar-refractivity contribution in [3.63, 3.8) is 0 Å². The molecule has 1 aromatic rings. The molecule has 1 aromatic carbocycles. The molecule has 0 aliphatic heterocycles. The van der Waals surface area contributed by atoms with Crippen molar-refractivity contribution in [1.82, 2.24) is 0 Å². The predicted octanol–water partition coefficient (Wildman–Crippen LogP) is 0.934. The Hall–Kier alpha value is -1.07. The predicted molar refractivity (Wildman–Crippen MR) is 48.5 cm³/mol. The Morgan fingerprint density at radius 2 is 1.92 bits per heavy atom. The second-order valence-electron chi connectivity index (χ2n) is 2.13. The van der Waals surface area contributed by atoms with Crippen molar-refractivity contribution in [2.75, 3.05) is 17.1 Å². The lowest BCUT2D eigenvalue weighted by Crippen LogP contribution is -2.04. The molecule has 1 atom stereocenters. The molecule has 1 rings (SSSR count). The highest BCUT2D eigenvalue weighted by Crippen LogP contribution is 2.19. The lowest BCUT2D eigenvalue weighted by Gasteiger charge is -2.12. The average Bonchev–Trinajstić information content (AvgIpc) is 2.04. The van der Waals surface area contributed by atoms with Crippen LogP contribution in [-0.2, 0) is 11.3 Å². The number of hydrogen-bond donors (Lipinski definition) is 2. The molecule has 12 heavy (non-hydrogen) atoms. The van der Waals surface area contributed by atoms with Gasteiger partial charge in [0, 0.05) is 18.3 Å². The molecule has 5 heteroatoms. The second kappa shape index (κ2) is 4.08. The van der Waals surface area contributed by atoms with E-state index in [4.69, 9.17) is 0 Å². The quantitative estimate of drug-likeness (QED) is 0.689. The molecule has 0 heterocycles. The van der Waals surface area contributed by atoms with E-state index in [1.165, 1.54) is 0 Å². The molecule has 0 aliphatic carbocycles. The summed E-state index contributed by atoms with van der Waals surface area (Å²) in [6.45, 7) is 0. The van der Waals surface area contributed by atoms with Crippen LogP contribution in [-0.4, -0.2) is 15.8 Å². The standard InChI is InChI=1S/C7H10N2O2S/c1-8-6-4-2-3-5-7(6)9-12(10)11/h2-5,8-9H,1H3,(H,10,11)/p-1. The van der Waals surface area contributed by atoms with E-state index in [0.29, 0.717) is 5.69 Å². The van der Waals surface area contributed by atoms with Crippen LogP contribution in [0.1, 0.15) is 0 Å². The Kier molecular flexibility index (Phi) is 3.07. The fraction of sp³-hybridized carbons (Fsp3) is 0.143. The van der Waals surface area contributed by atoms with Gasteiger partial charge in [0.05, 0.1) is 11.4 Å². The van der Waals surface area contributed by atoms with Crippen molar-refractivity contribution in [2.45, 2.75) is 0 Å². The summed E-state index contributed by atoms with van der Waals surface area (Å²) in [6.07, 6.45) is 0. The molecule has 66 valence electrons. The van der Waals surface area contributed by atoms with Crippen LogP contribution in [0, 0.1) is 0 Å². The topological polar surface area (TPSA) is 64.2 Å². The van der Waals surface area contributed by atoms with E-state index in [0.717, 1.165) is 5.69 Å². The minimum atomic E-state index is -2.27. The van der Waals surface area contributed by atoms with Crippen molar-refractivity contribution in [3.05, 3.63) is 24.3 Å². The molecule has 0 saturated heterocycles. The molecule has 4 nitrogen and oxygen atoms in total. The monoisotopic (exact) mass is 185 g/mol. The molecule has 0 fully saturated rings. The van der Waals surface area contributed by atoms with Gasteiger partial charge in [0.2, 0.25) is 0 Å². The zero-order valence-corrected chi connectivity index (χ0v) is 7.35. The first kappa shape index (κ1) is 9.02. The van der Waals surface area contributed by atoms with Gasteiger partial charge in [-0.05, 0) is 12.1 Å². The van der Waals surface area contributed by atoms with Crippen LogP contribution in [0.15, 0.2) is 24.3 Å². The summed E-state index contributed by atoms with van der Waals surface area (Å²) in [4.78, 5) is 0. The third kappa shape index (κ3) is 2.21. The van der Waals surface area contributed by atoms with E-state index in [-0.39, 0.29) is 0 Å². The summed E-state index contributed by atoms with van der Waals surface area (Å²) in [5, 5.41) is 2.87. The maximum atomic E-state index is 10.3. The normalized spacial score (nSPS) is 12.2. The van der Waals surface area contributed by atoms with E-state index in [1.807, 2.05) is 6.07 Å². The van der Waals surface area contributed by atoms with Gasteiger partial charge in [-0.15, -0.1) is 0 Å². The van der Waals surface area contributed by atoms with Crippen LogP contribution >= 0.6 is 0 Å². The smallest absolute Gasteiger partial charge is 0.0685 e. The summed E-state index contributed by atoms with van der Waals surface area (Å²) in [6, 6.07) is 7.05. The molecular formula is C7H9N2O2S-. The Bertz CT molecular complexity index is 290. The second-order valence-corrected chi connectivity index (χ2v) is 2.81. The third-order valence-electron chi connectivity index (χ3n) is 1.39. The number of rotatable bonds is 3. The number of benzene rings is 1. The molecule has 0 radical (unpaired) electrons. The molecular weight excluding hydrogens is 176 g/mol. The summed E-state index contributed by atoms with van der Waals surface area (Å²) >= 11 is -2.27. The molecule has 0 aromatic heterocycles. The lowest BCUT2D eigenvalue weighted by atomic mass is 10.3. The minimum absolute atomic E-state index is 0.549. The largest absolute Gasteiger partial charge is 0.755 e. The molecule has 0 aliphatic rings. The minimum Gasteiger partial charge on any atom is -0.755 e. The zero-order valence-electron chi connectivity index (χ0n) is 6.53.